The molecule has 1 N–H and O–H groups in total. The molecule has 0 aliphatic carbocycles. The van der Waals surface area contributed by atoms with E-state index in [1.165, 1.54) is 0 Å². The molecule has 1 aromatic rings. The van der Waals surface area contributed by atoms with E-state index in [1.54, 1.807) is 0 Å². The molecule has 0 saturated carbocycles. The summed E-state index contributed by atoms with van der Waals surface area (Å²) in [6.45, 7) is 0.501. The van der Waals surface area contributed by atoms with Crippen molar-refractivity contribution >= 4 is 9.84 Å². The van der Waals surface area contributed by atoms with E-state index in [1.807, 2.05) is 30.3 Å². The van der Waals surface area contributed by atoms with E-state index < -0.39 is 9.84 Å². The fourth-order valence-electron chi connectivity index (χ4n) is 2.16. The molecule has 0 spiro atoms. The molecule has 0 amide bonds. The van der Waals surface area contributed by atoms with Gasteiger partial charge in [-0.2, -0.15) is 5.26 Å². The fraction of sp³-hybridized carbons (Fsp3) is 0.462. The number of hydrogen-bond donors (Lipinski definition) is 1. The van der Waals surface area contributed by atoms with Crippen molar-refractivity contribution < 1.29 is 8.42 Å². The van der Waals surface area contributed by atoms with Gasteiger partial charge in [0.2, 0.25) is 0 Å². The molecule has 1 heterocycles. The molecule has 4 nitrogen and oxygen atoms in total. The first-order valence-electron chi connectivity index (χ1n) is 5.99. The van der Waals surface area contributed by atoms with Crippen molar-refractivity contribution in [1.29, 1.82) is 5.26 Å². The predicted octanol–water partition coefficient (Wildman–Crippen LogP) is 1.07. The Hall–Kier alpha value is -1.38. The summed E-state index contributed by atoms with van der Waals surface area (Å²) in [6.07, 6.45) is 0.648. The third kappa shape index (κ3) is 3.31. The van der Waals surface area contributed by atoms with E-state index in [-0.39, 0.29) is 23.5 Å². The number of benzene rings is 1. The lowest BCUT2D eigenvalue weighted by Crippen LogP contribution is -2.33. The lowest BCUT2D eigenvalue weighted by Gasteiger charge is -2.14. The Morgan fingerprint density at radius 3 is 2.67 bits per heavy atom. The monoisotopic (exact) mass is 264 g/mol. The Labute approximate surface area is 108 Å². The largest absolute Gasteiger partial charge is 0.311 e. The lowest BCUT2D eigenvalue weighted by atomic mass is 10.0. The van der Waals surface area contributed by atoms with Crippen molar-refractivity contribution in [1.82, 2.24) is 5.32 Å². The van der Waals surface area contributed by atoms with Gasteiger partial charge in [0.25, 0.3) is 0 Å². The van der Waals surface area contributed by atoms with Gasteiger partial charge in [-0.1, -0.05) is 30.3 Å². The predicted molar refractivity (Wildman–Crippen MR) is 69.9 cm³/mol. The van der Waals surface area contributed by atoms with Gasteiger partial charge in [-0.15, -0.1) is 0 Å². The van der Waals surface area contributed by atoms with Crippen LogP contribution in [0.3, 0.4) is 0 Å². The van der Waals surface area contributed by atoms with E-state index in [2.05, 4.69) is 11.4 Å². The van der Waals surface area contributed by atoms with Crippen molar-refractivity contribution in [3.8, 4) is 6.07 Å². The number of nitrogens with one attached hydrogen (secondary N) is 1. The fourth-order valence-corrected chi connectivity index (χ4v) is 3.87. The van der Waals surface area contributed by atoms with Crippen LogP contribution in [0.1, 0.15) is 17.9 Å². The molecule has 18 heavy (non-hydrogen) atoms. The third-order valence-electron chi connectivity index (χ3n) is 3.20. The Kier molecular flexibility index (Phi) is 4.00. The number of sulfone groups is 1. The Bertz CT molecular complexity index is 534. The van der Waals surface area contributed by atoms with Crippen molar-refractivity contribution in [2.24, 2.45) is 0 Å². The van der Waals surface area contributed by atoms with Crippen LogP contribution in [0.25, 0.3) is 0 Å². The molecule has 5 heteroatoms. The van der Waals surface area contributed by atoms with Crippen LogP contribution < -0.4 is 5.32 Å². The molecule has 1 aromatic carbocycles. The highest BCUT2D eigenvalue weighted by Crippen LogP contribution is 2.16. The first-order chi connectivity index (χ1) is 8.61. The van der Waals surface area contributed by atoms with Gasteiger partial charge in [0, 0.05) is 12.6 Å². The maximum atomic E-state index is 11.3. The molecule has 1 fully saturated rings. The molecular weight excluding hydrogens is 248 g/mol. The van der Waals surface area contributed by atoms with Crippen LogP contribution in [0.5, 0.6) is 0 Å². The Morgan fingerprint density at radius 2 is 2.11 bits per heavy atom. The van der Waals surface area contributed by atoms with Crippen LogP contribution in [0.4, 0.5) is 0 Å². The average Bonchev–Trinajstić information content (AvgIpc) is 2.71. The van der Waals surface area contributed by atoms with Gasteiger partial charge in [0.15, 0.2) is 9.84 Å². The zero-order chi connectivity index (χ0) is 13.0. The highest BCUT2D eigenvalue weighted by atomic mass is 32.2. The summed E-state index contributed by atoms with van der Waals surface area (Å²) in [6, 6.07) is 11.8. The summed E-state index contributed by atoms with van der Waals surface area (Å²) in [4.78, 5) is 0. The van der Waals surface area contributed by atoms with Gasteiger partial charge in [-0.3, -0.25) is 0 Å². The molecule has 0 radical (unpaired) electrons. The van der Waals surface area contributed by atoms with E-state index in [4.69, 9.17) is 5.26 Å². The summed E-state index contributed by atoms with van der Waals surface area (Å²) >= 11 is 0. The highest BCUT2D eigenvalue weighted by Gasteiger charge is 2.27. The molecule has 2 atom stereocenters. The van der Waals surface area contributed by atoms with Crippen LogP contribution in [0.15, 0.2) is 30.3 Å². The van der Waals surface area contributed by atoms with Crippen molar-refractivity contribution in [2.75, 3.05) is 18.1 Å². The third-order valence-corrected chi connectivity index (χ3v) is 4.97. The molecule has 1 saturated heterocycles. The van der Waals surface area contributed by atoms with Crippen LogP contribution in [0.2, 0.25) is 0 Å². The van der Waals surface area contributed by atoms with Gasteiger partial charge in [-0.25, -0.2) is 8.42 Å². The number of rotatable bonds is 4. The maximum Gasteiger partial charge on any atom is 0.151 e. The van der Waals surface area contributed by atoms with Crippen molar-refractivity contribution in [3.05, 3.63) is 35.9 Å². The van der Waals surface area contributed by atoms with Gasteiger partial charge >= 0.3 is 0 Å². The summed E-state index contributed by atoms with van der Waals surface area (Å²) in [5.41, 5.74) is 0.966. The zero-order valence-electron chi connectivity index (χ0n) is 10.0. The Balaban J connectivity index is 1.92. The standard InChI is InChI=1S/C13H16N2O2S/c14-8-12(11-4-2-1-3-5-11)9-15-13-6-7-18(16,17)10-13/h1-5,12-13,15H,6-7,9-10H2. The van der Waals surface area contributed by atoms with E-state index >= 15 is 0 Å². The van der Waals surface area contributed by atoms with E-state index in [0.717, 1.165) is 5.56 Å². The number of hydrogen-bond acceptors (Lipinski definition) is 4. The van der Waals surface area contributed by atoms with Crippen molar-refractivity contribution in [2.45, 2.75) is 18.4 Å². The van der Waals surface area contributed by atoms with Gasteiger partial charge in [-0.05, 0) is 12.0 Å². The minimum Gasteiger partial charge on any atom is -0.311 e. The second kappa shape index (κ2) is 5.51. The zero-order valence-corrected chi connectivity index (χ0v) is 10.9. The molecule has 1 aliphatic rings. The van der Waals surface area contributed by atoms with E-state index in [9.17, 15) is 8.42 Å². The van der Waals surface area contributed by atoms with Gasteiger partial charge in [0.05, 0.1) is 23.5 Å². The molecule has 1 aliphatic heterocycles. The summed E-state index contributed by atoms with van der Waals surface area (Å²) in [5.74, 6) is 0.224. The SMILES string of the molecule is N#CC(CNC1CCS(=O)(=O)C1)c1ccccc1. The minimum absolute atomic E-state index is 0.00503. The first kappa shape index (κ1) is 13.1. The van der Waals surface area contributed by atoms with Crippen molar-refractivity contribution in [3.63, 3.8) is 0 Å². The molecule has 96 valence electrons. The smallest absolute Gasteiger partial charge is 0.151 e. The van der Waals surface area contributed by atoms with Crippen LogP contribution in [0, 0.1) is 11.3 Å². The van der Waals surface area contributed by atoms with Gasteiger partial charge < -0.3 is 5.32 Å². The van der Waals surface area contributed by atoms with Crippen LogP contribution in [-0.4, -0.2) is 32.5 Å². The van der Waals surface area contributed by atoms with E-state index in [0.29, 0.717) is 13.0 Å². The van der Waals surface area contributed by atoms with Gasteiger partial charge in [0.1, 0.15) is 0 Å². The highest BCUT2D eigenvalue weighted by molar-refractivity contribution is 7.91. The second-order valence-corrected chi connectivity index (χ2v) is 6.83. The number of nitriles is 1. The molecule has 0 bridgehead atoms. The summed E-state index contributed by atoms with van der Waals surface area (Å²) in [7, 11) is -2.86. The minimum atomic E-state index is -2.86. The quantitative estimate of drug-likeness (QED) is 0.883. The topological polar surface area (TPSA) is 70.0 Å². The normalized spacial score (nSPS) is 23.4. The molecule has 2 rings (SSSR count). The lowest BCUT2D eigenvalue weighted by molar-refractivity contribution is 0.542. The first-order valence-corrected chi connectivity index (χ1v) is 7.81. The summed E-state index contributed by atoms with van der Waals surface area (Å²) in [5, 5.41) is 12.3. The maximum absolute atomic E-state index is 11.3. The van der Waals surface area contributed by atoms with Crippen LogP contribution >= 0.6 is 0 Å². The second-order valence-electron chi connectivity index (χ2n) is 4.60. The van der Waals surface area contributed by atoms with Crippen LogP contribution in [-0.2, 0) is 9.84 Å². The average molecular weight is 264 g/mol. The number of nitrogens with zero attached hydrogens (tertiary/aromatic N) is 1. The molecule has 0 aromatic heterocycles. The Morgan fingerprint density at radius 1 is 1.39 bits per heavy atom. The molecular formula is C13H16N2O2S. The summed E-state index contributed by atoms with van der Waals surface area (Å²) < 4.78 is 22.6. The molecule has 2 unspecified atom stereocenters.